The largest absolute Gasteiger partial charge is 0.264 e. The molecule has 0 unspecified atom stereocenters. The fourth-order valence-corrected chi connectivity index (χ4v) is 6.21. The van der Waals surface area contributed by atoms with E-state index in [-0.39, 0.29) is 0 Å². The van der Waals surface area contributed by atoms with Crippen LogP contribution < -0.4 is 0 Å². The Kier molecular flexibility index (Phi) is 5.76. The fraction of sp³-hybridized carbons (Fsp3) is 0. The molecular weight excluding hydrogens is 552 g/mol. The minimum absolute atomic E-state index is 0.621. The molecule has 7 aromatic rings. The van der Waals surface area contributed by atoms with Gasteiger partial charge < -0.3 is 0 Å². The maximum absolute atomic E-state index is 4.99. The molecule has 4 aromatic carbocycles. The highest BCUT2D eigenvalue weighted by atomic mass is 79.9. The zero-order chi connectivity index (χ0) is 25.5. The van der Waals surface area contributed by atoms with E-state index in [0.29, 0.717) is 17.5 Å². The Balaban J connectivity index is 1.43. The molecule has 0 aliphatic heterocycles. The molecule has 38 heavy (non-hydrogen) atoms. The predicted octanol–water partition coefficient (Wildman–Crippen LogP) is 9.06. The zero-order valence-corrected chi connectivity index (χ0v) is 22.4. The quantitative estimate of drug-likeness (QED) is 0.212. The summed E-state index contributed by atoms with van der Waals surface area (Å²) in [7, 11) is 0. The summed E-state index contributed by atoms with van der Waals surface area (Å²) in [6, 6.07) is 35.3. The van der Waals surface area contributed by atoms with Crippen molar-refractivity contribution in [1.29, 1.82) is 0 Å². The lowest BCUT2D eigenvalue weighted by Gasteiger charge is -2.10. The number of pyridine rings is 1. The number of halogens is 1. The van der Waals surface area contributed by atoms with Crippen molar-refractivity contribution in [3.63, 3.8) is 0 Å². The minimum atomic E-state index is 0.621. The zero-order valence-electron chi connectivity index (χ0n) is 20.0. The number of benzene rings is 4. The second-order valence-corrected chi connectivity index (χ2v) is 11.0. The molecule has 3 aromatic heterocycles. The van der Waals surface area contributed by atoms with Gasteiger partial charge in [-0.25, -0.2) is 15.0 Å². The van der Waals surface area contributed by atoms with Gasteiger partial charge in [0.1, 0.15) is 0 Å². The van der Waals surface area contributed by atoms with Crippen molar-refractivity contribution in [3.8, 4) is 45.3 Å². The molecule has 0 amide bonds. The molecule has 3 heterocycles. The molecule has 0 aliphatic rings. The summed E-state index contributed by atoms with van der Waals surface area (Å²) >= 11 is 5.49. The topological polar surface area (TPSA) is 51.6 Å². The van der Waals surface area contributed by atoms with Gasteiger partial charge in [-0.05, 0) is 54.1 Å². The number of aromatic nitrogens is 4. The second kappa shape index (κ2) is 9.56. The van der Waals surface area contributed by atoms with Gasteiger partial charge in [0.15, 0.2) is 17.5 Å². The lowest BCUT2D eigenvalue weighted by atomic mass is 10.0. The molecule has 0 N–H and O–H groups in total. The van der Waals surface area contributed by atoms with Crippen LogP contribution in [0.25, 0.3) is 65.5 Å². The molecule has 0 bridgehead atoms. The van der Waals surface area contributed by atoms with Gasteiger partial charge in [-0.15, -0.1) is 11.3 Å². The fourth-order valence-electron chi connectivity index (χ4n) is 4.63. The molecular formula is C32H19BrN4S. The molecule has 7 rings (SSSR count). The first-order valence-corrected chi connectivity index (χ1v) is 13.8. The summed E-state index contributed by atoms with van der Waals surface area (Å²) in [6.45, 7) is 0. The van der Waals surface area contributed by atoms with Gasteiger partial charge in [-0.3, -0.25) is 4.98 Å². The van der Waals surface area contributed by atoms with Crippen molar-refractivity contribution in [2.24, 2.45) is 0 Å². The monoisotopic (exact) mass is 570 g/mol. The third kappa shape index (κ3) is 4.28. The van der Waals surface area contributed by atoms with Crippen LogP contribution in [-0.2, 0) is 0 Å². The van der Waals surface area contributed by atoms with Gasteiger partial charge in [0.2, 0.25) is 0 Å². The average molecular weight is 572 g/mol. The Bertz CT molecular complexity index is 1930. The van der Waals surface area contributed by atoms with Crippen molar-refractivity contribution >= 4 is 47.4 Å². The Morgan fingerprint density at radius 2 is 1.18 bits per heavy atom. The van der Waals surface area contributed by atoms with E-state index in [9.17, 15) is 0 Å². The van der Waals surface area contributed by atoms with Crippen molar-refractivity contribution < 1.29 is 0 Å². The summed E-state index contributed by atoms with van der Waals surface area (Å²) < 4.78 is 3.47. The van der Waals surface area contributed by atoms with E-state index in [1.165, 1.54) is 20.2 Å². The summed E-state index contributed by atoms with van der Waals surface area (Å²) in [5.74, 6) is 1.91. The van der Waals surface area contributed by atoms with E-state index in [0.717, 1.165) is 32.3 Å². The molecule has 0 saturated carbocycles. The van der Waals surface area contributed by atoms with Crippen molar-refractivity contribution in [1.82, 2.24) is 19.9 Å². The number of thiophene rings is 1. The molecule has 0 aliphatic carbocycles. The van der Waals surface area contributed by atoms with Gasteiger partial charge >= 0.3 is 0 Å². The lowest BCUT2D eigenvalue weighted by Crippen LogP contribution is -2.00. The second-order valence-electron chi connectivity index (χ2n) is 8.95. The van der Waals surface area contributed by atoms with Crippen LogP contribution in [0.3, 0.4) is 0 Å². The third-order valence-electron chi connectivity index (χ3n) is 6.45. The van der Waals surface area contributed by atoms with Crippen LogP contribution in [0.1, 0.15) is 0 Å². The van der Waals surface area contributed by atoms with E-state index < -0.39 is 0 Å². The normalized spacial score (nSPS) is 11.3. The van der Waals surface area contributed by atoms with Crippen LogP contribution in [0, 0.1) is 0 Å². The molecule has 0 fully saturated rings. The first-order valence-electron chi connectivity index (χ1n) is 12.2. The Morgan fingerprint density at radius 3 is 2.00 bits per heavy atom. The van der Waals surface area contributed by atoms with Gasteiger partial charge in [0.25, 0.3) is 0 Å². The molecule has 0 atom stereocenters. The predicted molar refractivity (Wildman–Crippen MR) is 160 cm³/mol. The van der Waals surface area contributed by atoms with E-state index in [2.05, 4.69) is 75.5 Å². The minimum Gasteiger partial charge on any atom is -0.264 e. The molecule has 0 saturated heterocycles. The smallest absolute Gasteiger partial charge is 0.164 e. The summed E-state index contributed by atoms with van der Waals surface area (Å²) in [5.41, 5.74) is 4.88. The number of hydrogen-bond acceptors (Lipinski definition) is 5. The van der Waals surface area contributed by atoms with Crippen LogP contribution in [0.4, 0.5) is 0 Å². The van der Waals surface area contributed by atoms with Crippen molar-refractivity contribution in [3.05, 3.63) is 120 Å². The van der Waals surface area contributed by atoms with E-state index in [1.807, 2.05) is 54.7 Å². The van der Waals surface area contributed by atoms with Crippen LogP contribution in [-0.4, -0.2) is 19.9 Å². The molecule has 180 valence electrons. The number of fused-ring (bicyclic) bond motifs is 3. The van der Waals surface area contributed by atoms with Crippen LogP contribution in [0.2, 0.25) is 0 Å². The first-order chi connectivity index (χ1) is 18.7. The number of nitrogens with zero attached hydrogens (tertiary/aromatic N) is 4. The molecule has 4 nitrogen and oxygen atoms in total. The molecule has 0 radical (unpaired) electrons. The maximum atomic E-state index is 4.99. The highest BCUT2D eigenvalue weighted by Crippen LogP contribution is 2.36. The Labute approximate surface area is 231 Å². The maximum Gasteiger partial charge on any atom is 0.164 e. The van der Waals surface area contributed by atoms with E-state index in [1.54, 1.807) is 17.5 Å². The standard InChI is InChI=1S/C32H19BrN4S/c33-25-16-23(22-9-6-14-34-19-22)15-24(17-25)32-36-30(20-7-2-1-3-8-20)35-31(37-32)21-12-13-29-27(18-21)26-10-4-5-11-28(26)38-29/h1-19H. The van der Waals surface area contributed by atoms with Crippen LogP contribution in [0.15, 0.2) is 120 Å². The summed E-state index contributed by atoms with van der Waals surface area (Å²) in [6.07, 6.45) is 3.64. The SMILES string of the molecule is Brc1cc(-c2cccnc2)cc(-c2nc(-c3ccccc3)nc(-c3ccc4sc5ccccc5c4c3)n2)c1. The third-order valence-corrected chi connectivity index (χ3v) is 8.06. The van der Waals surface area contributed by atoms with E-state index >= 15 is 0 Å². The Hall–Kier alpha value is -4.26. The molecule has 6 heteroatoms. The average Bonchev–Trinajstić information content (AvgIpc) is 3.35. The highest BCUT2D eigenvalue weighted by Gasteiger charge is 2.15. The number of rotatable bonds is 4. The van der Waals surface area contributed by atoms with Gasteiger partial charge in [0.05, 0.1) is 0 Å². The molecule has 0 spiro atoms. The highest BCUT2D eigenvalue weighted by molar-refractivity contribution is 9.10. The van der Waals surface area contributed by atoms with Gasteiger partial charge in [-0.1, -0.05) is 70.5 Å². The van der Waals surface area contributed by atoms with E-state index in [4.69, 9.17) is 15.0 Å². The van der Waals surface area contributed by atoms with Crippen LogP contribution in [0.5, 0.6) is 0 Å². The van der Waals surface area contributed by atoms with Crippen molar-refractivity contribution in [2.45, 2.75) is 0 Å². The summed E-state index contributed by atoms with van der Waals surface area (Å²) in [5, 5.41) is 2.47. The summed E-state index contributed by atoms with van der Waals surface area (Å²) in [4.78, 5) is 19.1. The number of hydrogen-bond donors (Lipinski definition) is 0. The first kappa shape index (κ1) is 22.9. The lowest BCUT2D eigenvalue weighted by molar-refractivity contribution is 1.07. The van der Waals surface area contributed by atoms with Gasteiger partial charge in [-0.2, -0.15) is 0 Å². The van der Waals surface area contributed by atoms with Crippen molar-refractivity contribution in [2.75, 3.05) is 0 Å². The Morgan fingerprint density at radius 1 is 0.500 bits per heavy atom. The van der Waals surface area contributed by atoms with Crippen LogP contribution >= 0.6 is 27.3 Å². The van der Waals surface area contributed by atoms with Gasteiger partial charge in [0, 0.05) is 59.3 Å².